The van der Waals surface area contributed by atoms with Gasteiger partial charge in [0.15, 0.2) is 0 Å². The summed E-state index contributed by atoms with van der Waals surface area (Å²) < 4.78 is 0.670. The van der Waals surface area contributed by atoms with Crippen molar-refractivity contribution in [3.05, 3.63) is 22.3 Å². The fraction of sp³-hybridized carbons (Fsp3) is 0.538. The lowest BCUT2D eigenvalue weighted by Gasteiger charge is -2.15. The number of nitrogens with zero attached hydrogens (tertiary/aromatic N) is 1. The van der Waals surface area contributed by atoms with Gasteiger partial charge in [-0.15, -0.1) is 0 Å². The van der Waals surface area contributed by atoms with E-state index in [1.807, 2.05) is 6.92 Å². The molecule has 1 unspecified atom stereocenters. The van der Waals surface area contributed by atoms with E-state index in [0.29, 0.717) is 10.3 Å². The number of carbonyl (C=O) groups is 1. The Morgan fingerprint density at radius 3 is 2.89 bits per heavy atom. The zero-order valence-corrected chi connectivity index (χ0v) is 12.3. The van der Waals surface area contributed by atoms with Gasteiger partial charge in [0.25, 0.3) is 0 Å². The van der Waals surface area contributed by atoms with Crippen LogP contribution in [0.15, 0.2) is 16.7 Å². The number of halogens is 1. The highest BCUT2D eigenvalue weighted by atomic mass is 79.9. The summed E-state index contributed by atoms with van der Waals surface area (Å²) in [5.74, 6) is -0.526. The Kier molecular flexibility index (Phi) is 6.12. The molecule has 2 N–H and O–H groups in total. The summed E-state index contributed by atoms with van der Waals surface area (Å²) in [6.07, 6.45) is 6.15. The normalized spacial score (nSPS) is 12.2. The van der Waals surface area contributed by atoms with Crippen LogP contribution in [-0.2, 0) is 0 Å². The minimum absolute atomic E-state index is 0.201. The number of carboxylic acid groups (broad SMARTS) is 1. The first-order valence-corrected chi connectivity index (χ1v) is 6.99. The third-order valence-electron chi connectivity index (χ3n) is 2.71. The maximum Gasteiger partial charge on any atom is 0.339 e. The predicted octanol–water partition coefficient (Wildman–Crippen LogP) is 3.92. The van der Waals surface area contributed by atoms with Gasteiger partial charge in [0.2, 0.25) is 0 Å². The molecule has 18 heavy (non-hydrogen) atoms. The van der Waals surface area contributed by atoms with Crippen LogP contribution >= 0.6 is 15.9 Å². The van der Waals surface area contributed by atoms with Crippen molar-refractivity contribution in [1.82, 2.24) is 4.98 Å². The Hall–Kier alpha value is -1.10. The van der Waals surface area contributed by atoms with Gasteiger partial charge in [-0.1, -0.05) is 26.2 Å². The minimum atomic E-state index is -0.966. The van der Waals surface area contributed by atoms with E-state index in [9.17, 15) is 4.79 Å². The van der Waals surface area contributed by atoms with Crippen LogP contribution in [0.1, 0.15) is 49.9 Å². The molecule has 0 bridgehead atoms. The van der Waals surface area contributed by atoms with Gasteiger partial charge in [-0.3, -0.25) is 0 Å². The number of nitrogens with one attached hydrogen (secondary N) is 1. The topological polar surface area (TPSA) is 62.2 Å². The lowest BCUT2D eigenvalue weighted by atomic mass is 10.1. The average Bonchev–Trinajstić information content (AvgIpc) is 2.31. The second-order valence-corrected chi connectivity index (χ2v) is 5.31. The number of hydrogen-bond acceptors (Lipinski definition) is 3. The molecular formula is C13H19BrN2O2. The molecule has 1 atom stereocenters. The molecule has 5 heteroatoms. The van der Waals surface area contributed by atoms with Crippen molar-refractivity contribution in [3.8, 4) is 0 Å². The maximum atomic E-state index is 11.1. The van der Waals surface area contributed by atoms with Gasteiger partial charge in [-0.05, 0) is 35.3 Å². The van der Waals surface area contributed by atoms with E-state index in [4.69, 9.17) is 5.11 Å². The summed E-state index contributed by atoms with van der Waals surface area (Å²) in [7, 11) is 0. The smallest absolute Gasteiger partial charge is 0.339 e. The highest BCUT2D eigenvalue weighted by Gasteiger charge is 2.13. The van der Waals surface area contributed by atoms with Gasteiger partial charge in [-0.25, -0.2) is 9.78 Å². The van der Waals surface area contributed by atoms with Crippen molar-refractivity contribution in [1.29, 1.82) is 0 Å². The highest BCUT2D eigenvalue weighted by Crippen LogP contribution is 2.19. The molecule has 100 valence electrons. The molecule has 1 heterocycles. The molecule has 1 aromatic rings. The van der Waals surface area contributed by atoms with E-state index >= 15 is 0 Å². The average molecular weight is 315 g/mol. The van der Waals surface area contributed by atoms with E-state index in [1.165, 1.54) is 12.8 Å². The maximum absolute atomic E-state index is 11.1. The van der Waals surface area contributed by atoms with Crippen LogP contribution in [0.2, 0.25) is 0 Å². The van der Waals surface area contributed by atoms with Crippen LogP contribution in [0.25, 0.3) is 0 Å². The van der Waals surface area contributed by atoms with Crippen molar-refractivity contribution in [2.24, 2.45) is 0 Å². The number of rotatable bonds is 7. The molecule has 0 saturated carbocycles. The van der Waals surface area contributed by atoms with E-state index in [1.54, 1.807) is 12.3 Å². The zero-order chi connectivity index (χ0) is 13.5. The molecular weight excluding hydrogens is 296 g/mol. The molecule has 0 aromatic carbocycles. The Bertz CT molecular complexity index is 410. The Morgan fingerprint density at radius 1 is 1.56 bits per heavy atom. The highest BCUT2D eigenvalue weighted by molar-refractivity contribution is 9.10. The van der Waals surface area contributed by atoms with Gasteiger partial charge in [0.05, 0.1) is 0 Å². The van der Waals surface area contributed by atoms with Crippen LogP contribution in [-0.4, -0.2) is 22.1 Å². The summed E-state index contributed by atoms with van der Waals surface area (Å²) in [5, 5.41) is 12.3. The van der Waals surface area contributed by atoms with Gasteiger partial charge in [0.1, 0.15) is 11.4 Å². The van der Waals surface area contributed by atoms with E-state index in [-0.39, 0.29) is 11.6 Å². The fourth-order valence-electron chi connectivity index (χ4n) is 1.72. The zero-order valence-electron chi connectivity index (χ0n) is 10.7. The molecule has 0 amide bonds. The molecule has 0 aliphatic carbocycles. The number of unbranched alkanes of at least 4 members (excludes halogenated alkanes) is 2. The number of carboxylic acids is 1. The van der Waals surface area contributed by atoms with E-state index < -0.39 is 5.97 Å². The number of aromatic carboxylic acids is 1. The minimum Gasteiger partial charge on any atom is -0.478 e. The SMILES string of the molecule is CCCCCC(C)Nc1ncc(Br)cc1C(=O)O. The van der Waals surface area contributed by atoms with Gasteiger partial charge in [-0.2, -0.15) is 0 Å². The Labute approximate surface area is 116 Å². The van der Waals surface area contributed by atoms with Crippen LogP contribution in [0.3, 0.4) is 0 Å². The van der Waals surface area contributed by atoms with Crippen molar-refractivity contribution >= 4 is 27.7 Å². The first kappa shape index (κ1) is 15.0. The lowest BCUT2D eigenvalue weighted by Crippen LogP contribution is -2.18. The van der Waals surface area contributed by atoms with Gasteiger partial charge >= 0.3 is 5.97 Å². The quantitative estimate of drug-likeness (QED) is 0.749. The van der Waals surface area contributed by atoms with E-state index in [2.05, 4.69) is 33.2 Å². The molecule has 0 spiro atoms. The lowest BCUT2D eigenvalue weighted by molar-refractivity contribution is 0.0697. The first-order chi connectivity index (χ1) is 8.54. The summed E-state index contributed by atoms with van der Waals surface area (Å²) in [5.41, 5.74) is 0.201. The van der Waals surface area contributed by atoms with Crippen LogP contribution in [0, 0.1) is 0 Å². The Balaban J connectivity index is 2.68. The molecule has 1 aromatic heterocycles. The Morgan fingerprint density at radius 2 is 2.28 bits per heavy atom. The van der Waals surface area contributed by atoms with Gasteiger partial charge in [0, 0.05) is 16.7 Å². The molecule has 0 radical (unpaired) electrons. The molecule has 0 fully saturated rings. The second kappa shape index (κ2) is 7.36. The molecule has 1 rings (SSSR count). The second-order valence-electron chi connectivity index (χ2n) is 4.40. The predicted molar refractivity (Wildman–Crippen MR) is 76.1 cm³/mol. The molecule has 0 aliphatic heterocycles. The van der Waals surface area contributed by atoms with Crippen molar-refractivity contribution in [2.75, 3.05) is 5.32 Å². The third-order valence-corrected chi connectivity index (χ3v) is 3.14. The monoisotopic (exact) mass is 314 g/mol. The summed E-state index contributed by atoms with van der Waals surface area (Å²) in [4.78, 5) is 15.2. The number of aromatic nitrogens is 1. The summed E-state index contributed by atoms with van der Waals surface area (Å²) in [6, 6.07) is 1.79. The largest absolute Gasteiger partial charge is 0.478 e. The third kappa shape index (κ3) is 4.64. The van der Waals surface area contributed by atoms with Crippen molar-refractivity contribution < 1.29 is 9.90 Å². The van der Waals surface area contributed by atoms with Crippen LogP contribution in [0.5, 0.6) is 0 Å². The van der Waals surface area contributed by atoms with Crippen molar-refractivity contribution in [2.45, 2.75) is 45.6 Å². The van der Waals surface area contributed by atoms with Crippen molar-refractivity contribution in [3.63, 3.8) is 0 Å². The van der Waals surface area contributed by atoms with Gasteiger partial charge < -0.3 is 10.4 Å². The van der Waals surface area contributed by atoms with Crippen LogP contribution < -0.4 is 5.32 Å². The number of pyridine rings is 1. The molecule has 0 saturated heterocycles. The first-order valence-electron chi connectivity index (χ1n) is 6.20. The fourth-order valence-corrected chi connectivity index (χ4v) is 2.05. The summed E-state index contributed by atoms with van der Waals surface area (Å²) >= 11 is 3.23. The number of anilines is 1. The summed E-state index contributed by atoms with van der Waals surface area (Å²) in [6.45, 7) is 4.21. The standard InChI is InChI=1S/C13H19BrN2O2/c1-3-4-5-6-9(2)16-12-11(13(17)18)7-10(14)8-15-12/h7-9H,3-6H2,1-2H3,(H,15,16)(H,17,18). The number of hydrogen-bond donors (Lipinski definition) is 2. The molecule has 0 aliphatic rings. The van der Waals surface area contributed by atoms with Crippen LogP contribution in [0.4, 0.5) is 5.82 Å². The molecule has 4 nitrogen and oxygen atoms in total. The van der Waals surface area contributed by atoms with E-state index in [0.717, 1.165) is 12.8 Å².